The molecule has 0 saturated carbocycles. The predicted molar refractivity (Wildman–Crippen MR) is 82.1 cm³/mol. The molecular formula is C15H23NO4S. The van der Waals surface area contributed by atoms with Gasteiger partial charge in [0, 0.05) is 13.2 Å². The number of benzene rings is 1. The van der Waals surface area contributed by atoms with Crippen molar-refractivity contribution in [2.75, 3.05) is 24.7 Å². The predicted octanol–water partition coefficient (Wildman–Crippen LogP) is 1.51. The Morgan fingerprint density at radius 3 is 2.95 bits per heavy atom. The van der Waals surface area contributed by atoms with E-state index < -0.39 is 9.84 Å². The van der Waals surface area contributed by atoms with Crippen LogP contribution in [0.1, 0.15) is 24.8 Å². The molecule has 1 aliphatic heterocycles. The van der Waals surface area contributed by atoms with Gasteiger partial charge in [-0.3, -0.25) is 0 Å². The number of sulfone groups is 1. The Kier molecular flexibility index (Phi) is 6.02. The van der Waals surface area contributed by atoms with E-state index in [2.05, 4.69) is 0 Å². The van der Waals surface area contributed by atoms with E-state index in [9.17, 15) is 8.42 Å². The Balaban J connectivity index is 1.70. The highest BCUT2D eigenvalue weighted by Crippen LogP contribution is 2.15. The van der Waals surface area contributed by atoms with Crippen LogP contribution in [0.3, 0.4) is 0 Å². The third-order valence-electron chi connectivity index (χ3n) is 3.47. The molecule has 1 fully saturated rings. The summed E-state index contributed by atoms with van der Waals surface area (Å²) in [6, 6.07) is 7.53. The molecule has 21 heavy (non-hydrogen) atoms. The lowest BCUT2D eigenvalue weighted by Crippen LogP contribution is -2.23. The van der Waals surface area contributed by atoms with Gasteiger partial charge in [-0.05, 0) is 37.0 Å². The van der Waals surface area contributed by atoms with E-state index >= 15 is 0 Å². The average molecular weight is 313 g/mol. The minimum absolute atomic E-state index is 0.114. The van der Waals surface area contributed by atoms with E-state index in [1.54, 1.807) is 0 Å². The first-order chi connectivity index (χ1) is 10.1. The van der Waals surface area contributed by atoms with Gasteiger partial charge in [0.15, 0.2) is 9.84 Å². The second kappa shape index (κ2) is 7.77. The molecule has 1 atom stereocenters. The average Bonchev–Trinajstić information content (AvgIpc) is 2.96. The summed E-state index contributed by atoms with van der Waals surface area (Å²) in [7, 11) is -3.06. The summed E-state index contributed by atoms with van der Waals surface area (Å²) >= 11 is 0. The monoisotopic (exact) mass is 313 g/mol. The van der Waals surface area contributed by atoms with Gasteiger partial charge in [-0.25, -0.2) is 8.42 Å². The Morgan fingerprint density at radius 1 is 1.38 bits per heavy atom. The van der Waals surface area contributed by atoms with Crippen LogP contribution in [-0.4, -0.2) is 39.2 Å². The minimum Gasteiger partial charge on any atom is -0.494 e. The summed E-state index contributed by atoms with van der Waals surface area (Å²) in [5, 5.41) is 0. The Hall–Kier alpha value is -1.11. The summed E-state index contributed by atoms with van der Waals surface area (Å²) in [6.45, 7) is 1.53. The van der Waals surface area contributed by atoms with Crippen LogP contribution in [0, 0.1) is 0 Å². The van der Waals surface area contributed by atoms with E-state index in [4.69, 9.17) is 15.2 Å². The third kappa shape index (κ3) is 5.65. The van der Waals surface area contributed by atoms with Crippen LogP contribution in [0.4, 0.5) is 0 Å². The summed E-state index contributed by atoms with van der Waals surface area (Å²) < 4.78 is 34.8. The van der Waals surface area contributed by atoms with E-state index in [1.165, 1.54) is 0 Å². The maximum Gasteiger partial charge on any atom is 0.152 e. The van der Waals surface area contributed by atoms with Crippen LogP contribution >= 0.6 is 0 Å². The smallest absolute Gasteiger partial charge is 0.152 e. The van der Waals surface area contributed by atoms with Crippen LogP contribution in [0.25, 0.3) is 0 Å². The lowest BCUT2D eigenvalue weighted by Gasteiger charge is -2.11. The zero-order valence-corrected chi connectivity index (χ0v) is 13.0. The van der Waals surface area contributed by atoms with Crippen molar-refractivity contribution in [2.24, 2.45) is 5.73 Å². The molecule has 1 unspecified atom stereocenters. The lowest BCUT2D eigenvalue weighted by molar-refractivity contribution is 0.127. The molecule has 118 valence electrons. The Labute approximate surface area is 126 Å². The fraction of sp³-hybridized carbons (Fsp3) is 0.600. The minimum atomic E-state index is -3.06. The highest BCUT2D eigenvalue weighted by Gasteiger charge is 2.22. The SMILES string of the molecule is NCc1cccc(OCCCS(=O)(=O)CC2CCCO2)c1. The molecule has 5 nitrogen and oxygen atoms in total. The highest BCUT2D eigenvalue weighted by molar-refractivity contribution is 7.91. The van der Waals surface area contributed by atoms with Gasteiger partial charge in [-0.2, -0.15) is 0 Å². The number of hydrogen-bond acceptors (Lipinski definition) is 5. The number of nitrogens with two attached hydrogens (primary N) is 1. The van der Waals surface area contributed by atoms with Gasteiger partial charge in [0.25, 0.3) is 0 Å². The van der Waals surface area contributed by atoms with Gasteiger partial charge in [0.05, 0.1) is 24.2 Å². The molecule has 0 aromatic heterocycles. The Bertz CT molecular complexity index is 538. The zero-order chi connectivity index (χ0) is 15.1. The van der Waals surface area contributed by atoms with Gasteiger partial charge in [0.2, 0.25) is 0 Å². The fourth-order valence-electron chi connectivity index (χ4n) is 2.37. The zero-order valence-electron chi connectivity index (χ0n) is 12.2. The van der Waals surface area contributed by atoms with Crippen molar-refractivity contribution >= 4 is 9.84 Å². The molecule has 1 aromatic rings. The van der Waals surface area contributed by atoms with Crippen LogP contribution < -0.4 is 10.5 Å². The quantitative estimate of drug-likeness (QED) is 0.736. The summed E-state index contributed by atoms with van der Waals surface area (Å²) in [5.41, 5.74) is 6.56. The molecule has 2 N–H and O–H groups in total. The van der Waals surface area contributed by atoms with E-state index in [-0.39, 0.29) is 17.6 Å². The molecule has 0 bridgehead atoms. The summed E-state index contributed by atoms with van der Waals surface area (Å²) in [6.07, 6.45) is 2.18. The van der Waals surface area contributed by atoms with E-state index in [1.807, 2.05) is 24.3 Å². The first-order valence-corrected chi connectivity index (χ1v) is 9.15. The van der Waals surface area contributed by atoms with Crippen molar-refractivity contribution in [3.63, 3.8) is 0 Å². The van der Waals surface area contributed by atoms with E-state index in [0.29, 0.717) is 26.2 Å². The van der Waals surface area contributed by atoms with Gasteiger partial charge >= 0.3 is 0 Å². The largest absolute Gasteiger partial charge is 0.494 e. The molecule has 1 aliphatic rings. The fourth-order valence-corrected chi connectivity index (χ4v) is 3.93. The summed E-state index contributed by atoms with van der Waals surface area (Å²) in [4.78, 5) is 0. The number of hydrogen-bond donors (Lipinski definition) is 1. The number of ether oxygens (including phenoxy) is 2. The van der Waals surface area contributed by atoms with Gasteiger partial charge in [-0.1, -0.05) is 12.1 Å². The van der Waals surface area contributed by atoms with Gasteiger partial charge in [0.1, 0.15) is 5.75 Å². The molecular weight excluding hydrogens is 290 g/mol. The first-order valence-electron chi connectivity index (χ1n) is 7.33. The first kappa shape index (κ1) is 16.3. The van der Waals surface area contributed by atoms with Crippen molar-refractivity contribution in [2.45, 2.75) is 31.9 Å². The molecule has 0 radical (unpaired) electrons. The second-order valence-electron chi connectivity index (χ2n) is 5.30. The maximum absolute atomic E-state index is 11.9. The van der Waals surface area contributed by atoms with E-state index in [0.717, 1.165) is 24.2 Å². The van der Waals surface area contributed by atoms with Crippen LogP contribution in [-0.2, 0) is 21.1 Å². The topological polar surface area (TPSA) is 78.6 Å². The van der Waals surface area contributed by atoms with Gasteiger partial charge in [-0.15, -0.1) is 0 Å². The molecule has 1 aromatic carbocycles. The molecule has 1 heterocycles. The van der Waals surface area contributed by atoms with Crippen molar-refractivity contribution in [1.29, 1.82) is 0 Å². The normalized spacial score (nSPS) is 18.8. The van der Waals surface area contributed by atoms with Crippen molar-refractivity contribution in [3.05, 3.63) is 29.8 Å². The molecule has 6 heteroatoms. The Morgan fingerprint density at radius 2 is 2.24 bits per heavy atom. The van der Waals surface area contributed by atoms with Crippen molar-refractivity contribution in [3.8, 4) is 5.75 Å². The van der Waals surface area contributed by atoms with Crippen LogP contribution in [0.2, 0.25) is 0 Å². The molecule has 1 saturated heterocycles. The number of rotatable bonds is 8. The lowest BCUT2D eigenvalue weighted by atomic mass is 10.2. The highest BCUT2D eigenvalue weighted by atomic mass is 32.2. The molecule has 0 aliphatic carbocycles. The molecule has 0 amide bonds. The third-order valence-corrected chi connectivity index (χ3v) is 5.26. The van der Waals surface area contributed by atoms with Crippen LogP contribution in [0.5, 0.6) is 5.75 Å². The summed E-state index contributed by atoms with van der Waals surface area (Å²) in [5.74, 6) is 1.01. The standard InChI is InChI=1S/C15H23NO4S/c16-11-13-4-1-5-14(10-13)19-8-3-9-21(17,18)12-15-6-2-7-20-15/h1,4-5,10,15H,2-3,6-9,11-12,16H2. The maximum atomic E-state index is 11.9. The van der Waals surface area contributed by atoms with Crippen LogP contribution in [0.15, 0.2) is 24.3 Å². The molecule has 2 rings (SSSR count). The van der Waals surface area contributed by atoms with Crippen molar-refractivity contribution < 1.29 is 17.9 Å². The second-order valence-corrected chi connectivity index (χ2v) is 7.53. The molecule has 0 spiro atoms. The van der Waals surface area contributed by atoms with Gasteiger partial charge < -0.3 is 15.2 Å². The van der Waals surface area contributed by atoms with Crippen molar-refractivity contribution in [1.82, 2.24) is 0 Å².